The first-order valence-corrected chi connectivity index (χ1v) is 9.31. The van der Waals surface area contributed by atoms with Gasteiger partial charge in [-0.2, -0.15) is 11.8 Å². The summed E-state index contributed by atoms with van der Waals surface area (Å²) in [6, 6.07) is 6.71. The molecular formula is C18H23NO3S. The number of carbonyl (C=O) groups is 2. The molecule has 4 nitrogen and oxygen atoms in total. The fraction of sp³-hybridized carbons (Fsp3) is 0.556. The first-order valence-electron chi connectivity index (χ1n) is 8.32. The molecule has 1 saturated carbocycles. The number of aromatic carboxylic acids is 1. The van der Waals surface area contributed by atoms with Crippen molar-refractivity contribution in [1.82, 2.24) is 4.90 Å². The van der Waals surface area contributed by atoms with Gasteiger partial charge in [-0.3, -0.25) is 4.79 Å². The highest BCUT2D eigenvalue weighted by molar-refractivity contribution is 8.00. The van der Waals surface area contributed by atoms with Gasteiger partial charge in [0, 0.05) is 23.6 Å². The van der Waals surface area contributed by atoms with E-state index in [2.05, 4.69) is 0 Å². The van der Waals surface area contributed by atoms with E-state index in [0.29, 0.717) is 6.42 Å². The molecule has 1 heterocycles. The summed E-state index contributed by atoms with van der Waals surface area (Å²) < 4.78 is 0.273. The second-order valence-electron chi connectivity index (χ2n) is 6.59. The molecule has 1 aliphatic heterocycles. The molecular weight excluding hydrogens is 310 g/mol. The minimum atomic E-state index is -0.949. The molecule has 1 N–H and O–H groups in total. The average Bonchev–Trinajstić information content (AvgIpc) is 2.56. The lowest BCUT2D eigenvalue weighted by atomic mass is 9.87. The zero-order valence-electron chi connectivity index (χ0n) is 13.3. The Bertz CT molecular complexity index is 590. The Hall–Kier alpha value is -1.49. The normalized spacial score (nSPS) is 20.4. The van der Waals surface area contributed by atoms with E-state index < -0.39 is 5.97 Å². The van der Waals surface area contributed by atoms with Crippen LogP contribution >= 0.6 is 11.8 Å². The molecule has 3 rings (SSSR count). The second-order valence-corrected chi connectivity index (χ2v) is 8.15. The Morgan fingerprint density at radius 2 is 2.00 bits per heavy atom. The Kier molecular flexibility index (Phi) is 4.95. The van der Waals surface area contributed by atoms with Crippen LogP contribution < -0.4 is 0 Å². The third-order valence-corrected chi connectivity index (χ3v) is 6.43. The monoisotopic (exact) mass is 333 g/mol. The topological polar surface area (TPSA) is 57.6 Å². The molecule has 0 atom stereocenters. The van der Waals surface area contributed by atoms with Gasteiger partial charge in [0.2, 0.25) is 5.91 Å². The lowest BCUT2D eigenvalue weighted by molar-refractivity contribution is -0.131. The van der Waals surface area contributed by atoms with E-state index in [-0.39, 0.29) is 16.2 Å². The highest BCUT2D eigenvalue weighted by Gasteiger charge is 2.38. The van der Waals surface area contributed by atoms with Crippen LogP contribution in [-0.4, -0.2) is 45.5 Å². The molecule has 1 aromatic rings. The van der Waals surface area contributed by atoms with E-state index in [1.54, 1.807) is 18.2 Å². The molecule has 1 aromatic carbocycles. The maximum Gasteiger partial charge on any atom is 0.335 e. The quantitative estimate of drug-likeness (QED) is 0.923. The Morgan fingerprint density at radius 3 is 2.74 bits per heavy atom. The summed E-state index contributed by atoms with van der Waals surface area (Å²) in [5.74, 6) is 0.189. The average molecular weight is 333 g/mol. The van der Waals surface area contributed by atoms with Crippen LogP contribution in [0, 0.1) is 0 Å². The summed E-state index contributed by atoms with van der Waals surface area (Å²) >= 11 is 2.05. The molecule has 1 aliphatic carbocycles. The summed E-state index contributed by atoms with van der Waals surface area (Å²) in [5.41, 5.74) is 1.03. The third kappa shape index (κ3) is 3.89. The van der Waals surface area contributed by atoms with Crippen molar-refractivity contribution in [3.05, 3.63) is 35.4 Å². The van der Waals surface area contributed by atoms with Gasteiger partial charge in [-0.25, -0.2) is 4.79 Å². The number of thioether (sulfide) groups is 1. The smallest absolute Gasteiger partial charge is 0.335 e. The van der Waals surface area contributed by atoms with Crippen molar-refractivity contribution in [3.8, 4) is 0 Å². The fourth-order valence-electron chi connectivity index (χ4n) is 3.66. The van der Waals surface area contributed by atoms with Crippen LogP contribution in [-0.2, 0) is 11.2 Å². The molecule has 1 saturated heterocycles. The van der Waals surface area contributed by atoms with Crippen molar-refractivity contribution in [2.24, 2.45) is 0 Å². The summed E-state index contributed by atoms with van der Waals surface area (Å²) in [6.45, 7) is 1.67. The fourth-order valence-corrected chi connectivity index (χ4v) is 5.23. The van der Waals surface area contributed by atoms with Crippen LogP contribution in [0.1, 0.15) is 48.0 Å². The van der Waals surface area contributed by atoms with Crippen molar-refractivity contribution in [3.63, 3.8) is 0 Å². The molecule has 0 bridgehead atoms. The SMILES string of the molecule is O=C(O)c1cccc(CC(=O)N2CCSC3(CCCCC3)C2)c1. The van der Waals surface area contributed by atoms with Gasteiger partial charge in [0.05, 0.1) is 12.0 Å². The van der Waals surface area contributed by atoms with E-state index in [1.807, 2.05) is 22.7 Å². The number of amides is 1. The third-order valence-electron chi connectivity index (χ3n) is 4.90. The lowest BCUT2D eigenvalue weighted by Crippen LogP contribution is -2.50. The molecule has 0 aromatic heterocycles. The molecule has 1 amide bonds. The van der Waals surface area contributed by atoms with Gasteiger partial charge in [0.25, 0.3) is 0 Å². The van der Waals surface area contributed by atoms with Crippen LogP contribution in [0.25, 0.3) is 0 Å². The molecule has 5 heteroatoms. The predicted molar refractivity (Wildman–Crippen MR) is 92.0 cm³/mol. The van der Waals surface area contributed by atoms with Gasteiger partial charge in [-0.1, -0.05) is 31.4 Å². The summed E-state index contributed by atoms with van der Waals surface area (Å²) in [6.07, 6.45) is 6.59. The Balaban J connectivity index is 1.65. The van der Waals surface area contributed by atoms with E-state index >= 15 is 0 Å². The van der Waals surface area contributed by atoms with Crippen molar-refractivity contribution in [1.29, 1.82) is 0 Å². The second kappa shape index (κ2) is 6.95. The van der Waals surface area contributed by atoms with E-state index in [4.69, 9.17) is 5.11 Å². The Morgan fingerprint density at radius 1 is 1.22 bits per heavy atom. The number of carboxylic acid groups (broad SMARTS) is 1. The summed E-state index contributed by atoms with van der Waals surface area (Å²) in [5, 5.41) is 9.06. The van der Waals surface area contributed by atoms with Crippen LogP contribution in [0.15, 0.2) is 24.3 Å². The van der Waals surface area contributed by atoms with Gasteiger partial charge in [-0.05, 0) is 30.5 Å². The van der Waals surface area contributed by atoms with Gasteiger partial charge in [0.1, 0.15) is 0 Å². The van der Waals surface area contributed by atoms with Crippen LogP contribution in [0.3, 0.4) is 0 Å². The largest absolute Gasteiger partial charge is 0.478 e. The summed E-state index contributed by atoms with van der Waals surface area (Å²) in [7, 11) is 0. The zero-order chi connectivity index (χ0) is 16.3. The highest BCUT2D eigenvalue weighted by Crippen LogP contribution is 2.42. The molecule has 124 valence electrons. The molecule has 2 fully saturated rings. The minimum Gasteiger partial charge on any atom is -0.478 e. The van der Waals surface area contributed by atoms with Crippen molar-refractivity contribution >= 4 is 23.6 Å². The van der Waals surface area contributed by atoms with Gasteiger partial charge in [0.15, 0.2) is 0 Å². The number of rotatable bonds is 3. The number of hydrogen-bond donors (Lipinski definition) is 1. The number of nitrogens with zero attached hydrogens (tertiary/aromatic N) is 1. The van der Waals surface area contributed by atoms with Crippen LogP contribution in [0.4, 0.5) is 0 Å². The zero-order valence-corrected chi connectivity index (χ0v) is 14.1. The molecule has 23 heavy (non-hydrogen) atoms. The van der Waals surface area contributed by atoms with Crippen molar-refractivity contribution < 1.29 is 14.7 Å². The first kappa shape index (κ1) is 16.4. The molecule has 1 spiro atoms. The van der Waals surface area contributed by atoms with E-state index in [0.717, 1.165) is 24.4 Å². The van der Waals surface area contributed by atoms with Gasteiger partial charge < -0.3 is 10.0 Å². The highest BCUT2D eigenvalue weighted by atomic mass is 32.2. The molecule has 2 aliphatic rings. The predicted octanol–water partition coefficient (Wildman–Crippen LogP) is 3.21. The number of carboxylic acids is 1. The maximum absolute atomic E-state index is 12.6. The number of benzene rings is 1. The standard InChI is InChI=1S/C18H23NO3S/c20-16(12-14-5-4-6-15(11-14)17(21)22)19-9-10-23-18(13-19)7-2-1-3-8-18/h4-6,11H,1-3,7-10,12-13H2,(H,21,22). The van der Waals surface area contributed by atoms with Crippen molar-refractivity contribution in [2.45, 2.75) is 43.3 Å². The number of carbonyl (C=O) groups excluding carboxylic acids is 1. The van der Waals surface area contributed by atoms with E-state index in [1.165, 1.54) is 32.1 Å². The first-order chi connectivity index (χ1) is 11.1. The van der Waals surface area contributed by atoms with Gasteiger partial charge in [-0.15, -0.1) is 0 Å². The van der Waals surface area contributed by atoms with Crippen LogP contribution in [0.5, 0.6) is 0 Å². The van der Waals surface area contributed by atoms with E-state index in [9.17, 15) is 9.59 Å². The molecule has 0 radical (unpaired) electrons. The van der Waals surface area contributed by atoms with Gasteiger partial charge >= 0.3 is 5.97 Å². The molecule has 0 unspecified atom stereocenters. The van der Waals surface area contributed by atoms with Crippen molar-refractivity contribution in [2.75, 3.05) is 18.8 Å². The number of hydrogen-bond acceptors (Lipinski definition) is 3. The lowest BCUT2D eigenvalue weighted by Gasteiger charge is -2.44. The summed E-state index contributed by atoms with van der Waals surface area (Å²) in [4.78, 5) is 25.7. The minimum absolute atomic E-state index is 0.123. The maximum atomic E-state index is 12.6. The Labute approximate surface area is 141 Å². The van der Waals surface area contributed by atoms with Crippen LogP contribution in [0.2, 0.25) is 0 Å².